The molecule has 0 aromatic rings. The van der Waals surface area contributed by atoms with Gasteiger partial charge in [-0.05, 0) is 32.6 Å². The molecule has 0 aliphatic carbocycles. The molecule has 4 heteroatoms. The predicted octanol–water partition coefficient (Wildman–Crippen LogP) is 0.932. The van der Waals surface area contributed by atoms with Gasteiger partial charge in [0.15, 0.2) is 0 Å². The van der Waals surface area contributed by atoms with E-state index in [0.29, 0.717) is 24.8 Å². The summed E-state index contributed by atoms with van der Waals surface area (Å²) in [5.41, 5.74) is 1.09. The highest BCUT2D eigenvalue weighted by atomic mass is 16.4. The second-order valence-corrected chi connectivity index (χ2v) is 3.19. The highest BCUT2D eigenvalue weighted by molar-refractivity contribution is 5.86. The minimum absolute atomic E-state index is 0.0287. The molecule has 82 valence electrons. The minimum atomic E-state index is -0.933. The number of carbonyl (C=O) groups is 1. The van der Waals surface area contributed by atoms with Crippen molar-refractivity contribution < 1.29 is 20.1 Å². The van der Waals surface area contributed by atoms with Crippen LogP contribution in [0.25, 0.3) is 0 Å². The zero-order valence-electron chi connectivity index (χ0n) is 8.49. The Morgan fingerprint density at radius 1 is 1.07 bits per heavy atom. The van der Waals surface area contributed by atoms with Crippen molar-refractivity contribution in [2.75, 3.05) is 13.2 Å². The van der Waals surface area contributed by atoms with Gasteiger partial charge in [-0.1, -0.05) is 5.57 Å². The minimum Gasteiger partial charge on any atom is -0.478 e. The Balaban J connectivity index is 4.27. The molecule has 0 bridgehead atoms. The first-order chi connectivity index (χ1) is 6.63. The molecule has 0 heterocycles. The van der Waals surface area contributed by atoms with Gasteiger partial charge in [0.2, 0.25) is 0 Å². The predicted molar refractivity (Wildman–Crippen MR) is 53.0 cm³/mol. The molecule has 0 aromatic carbocycles. The molecule has 0 aliphatic heterocycles. The van der Waals surface area contributed by atoms with Crippen LogP contribution >= 0.6 is 0 Å². The van der Waals surface area contributed by atoms with Crippen LogP contribution in [-0.4, -0.2) is 34.5 Å². The molecule has 0 spiro atoms. The van der Waals surface area contributed by atoms with Crippen LogP contribution in [0.2, 0.25) is 0 Å². The number of aliphatic hydroxyl groups excluding tert-OH is 2. The number of carboxylic acid groups (broad SMARTS) is 1. The summed E-state index contributed by atoms with van der Waals surface area (Å²) < 4.78 is 0. The lowest BCUT2D eigenvalue weighted by atomic mass is 10.0. The van der Waals surface area contributed by atoms with Gasteiger partial charge in [0.1, 0.15) is 0 Å². The number of rotatable bonds is 7. The summed E-state index contributed by atoms with van der Waals surface area (Å²) >= 11 is 0. The molecule has 0 radical (unpaired) electrons. The fourth-order valence-electron chi connectivity index (χ4n) is 1.24. The molecule has 4 nitrogen and oxygen atoms in total. The van der Waals surface area contributed by atoms with E-state index in [0.717, 1.165) is 12.0 Å². The molecule has 0 amide bonds. The van der Waals surface area contributed by atoms with Crippen LogP contribution in [0.1, 0.15) is 32.6 Å². The van der Waals surface area contributed by atoms with Crippen molar-refractivity contribution in [3.05, 3.63) is 11.1 Å². The van der Waals surface area contributed by atoms with Crippen LogP contribution in [0.15, 0.2) is 11.1 Å². The maximum absolute atomic E-state index is 10.7. The van der Waals surface area contributed by atoms with E-state index in [1.807, 2.05) is 0 Å². The molecule has 0 fully saturated rings. The summed E-state index contributed by atoms with van der Waals surface area (Å²) in [6, 6.07) is 0. The standard InChI is InChI=1S/C10H18O4/c1-8(10(13)14)9(5-7-12)4-2-3-6-11/h11-12H,2-7H2,1H3,(H,13,14). The zero-order chi connectivity index (χ0) is 11.0. The van der Waals surface area contributed by atoms with Crippen molar-refractivity contribution >= 4 is 5.97 Å². The summed E-state index contributed by atoms with van der Waals surface area (Å²) in [4.78, 5) is 10.7. The van der Waals surface area contributed by atoms with Crippen LogP contribution in [0.3, 0.4) is 0 Å². The molecule has 0 atom stereocenters. The van der Waals surface area contributed by atoms with E-state index < -0.39 is 5.97 Å². The third-order valence-electron chi connectivity index (χ3n) is 2.15. The number of carboxylic acids is 1. The Morgan fingerprint density at radius 2 is 1.71 bits per heavy atom. The van der Waals surface area contributed by atoms with Crippen LogP contribution in [-0.2, 0) is 4.79 Å². The summed E-state index contributed by atoms with van der Waals surface area (Å²) in [5.74, 6) is -0.933. The van der Waals surface area contributed by atoms with Gasteiger partial charge in [-0.25, -0.2) is 4.79 Å². The summed E-state index contributed by atoms with van der Waals surface area (Å²) in [7, 11) is 0. The second-order valence-electron chi connectivity index (χ2n) is 3.19. The van der Waals surface area contributed by atoms with Crippen molar-refractivity contribution in [2.45, 2.75) is 32.6 Å². The van der Waals surface area contributed by atoms with Crippen molar-refractivity contribution in [3.63, 3.8) is 0 Å². The average Bonchev–Trinajstić information content (AvgIpc) is 2.15. The Morgan fingerprint density at radius 3 is 2.14 bits per heavy atom. The first kappa shape index (κ1) is 13.1. The van der Waals surface area contributed by atoms with Crippen LogP contribution < -0.4 is 0 Å². The fraction of sp³-hybridized carbons (Fsp3) is 0.700. The Kier molecular flexibility index (Phi) is 7.06. The van der Waals surface area contributed by atoms with Gasteiger partial charge in [0.05, 0.1) is 0 Å². The average molecular weight is 202 g/mol. The van der Waals surface area contributed by atoms with E-state index >= 15 is 0 Å². The normalized spacial score (nSPS) is 12.5. The third-order valence-corrected chi connectivity index (χ3v) is 2.15. The second kappa shape index (κ2) is 7.53. The van der Waals surface area contributed by atoms with Gasteiger partial charge in [0.25, 0.3) is 0 Å². The van der Waals surface area contributed by atoms with Gasteiger partial charge < -0.3 is 15.3 Å². The number of hydrogen-bond acceptors (Lipinski definition) is 3. The van der Waals surface area contributed by atoms with Crippen LogP contribution in [0.5, 0.6) is 0 Å². The van der Waals surface area contributed by atoms with Crippen LogP contribution in [0.4, 0.5) is 0 Å². The summed E-state index contributed by atoms with van der Waals surface area (Å²) in [6.07, 6.45) is 2.47. The highest BCUT2D eigenvalue weighted by Crippen LogP contribution is 2.16. The maximum atomic E-state index is 10.7. The van der Waals surface area contributed by atoms with E-state index in [4.69, 9.17) is 15.3 Å². The van der Waals surface area contributed by atoms with E-state index in [1.165, 1.54) is 0 Å². The molecule has 0 aliphatic rings. The SMILES string of the molecule is CC(C(=O)O)=C(CCO)CCCCO. The molecular weight excluding hydrogens is 184 g/mol. The monoisotopic (exact) mass is 202 g/mol. The van der Waals surface area contributed by atoms with Gasteiger partial charge in [-0.15, -0.1) is 0 Å². The van der Waals surface area contributed by atoms with E-state index in [2.05, 4.69) is 0 Å². The van der Waals surface area contributed by atoms with E-state index in [9.17, 15) is 4.79 Å². The molecule has 14 heavy (non-hydrogen) atoms. The van der Waals surface area contributed by atoms with Gasteiger partial charge >= 0.3 is 5.97 Å². The van der Waals surface area contributed by atoms with Gasteiger partial charge in [0, 0.05) is 18.8 Å². The van der Waals surface area contributed by atoms with Crippen molar-refractivity contribution in [2.24, 2.45) is 0 Å². The number of unbranched alkanes of at least 4 members (excludes halogenated alkanes) is 1. The molecule has 0 saturated carbocycles. The largest absolute Gasteiger partial charge is 0.478 e. The van der Waals surface area contributed by atoms with Crippen molar-refractivity contribution in [3.8, 4) is 0 Å². The summed E-state index contributed by atoms with van der Waals surface area (Å²) in [6.45, 7) is 1.64. The van der Waals surface area contributed by atoms with Crippen molar-refractivity contribution in [1.29, 1.82) is 0 Å². The van der Waals surface area contributed by atoms with Crippen LogP contribution in [0, 0.1) is 0 Å². The quantitative estimate of drug-likeness (QED) is 0.424. The van der Waals surface area contributed by atoms with Crippen molar-refractivity contribution in [1.82, 2.24) is 0 Å². The summed E-state index contributed by atoms with van der Waals surface area (Å²) in [5, 5.41) is 26.1. The molecule has 0 saturated heterocycles. The maximum Gasteiger partial charge on any atom is 0.331 e. The number of aliphatic hydroxyl groups is 2. The first-order valence-electron chi connectivity index (χ1n) is 4.77. The van der Waals surface area contributed by atoms with E-state index in [1.54, 1.807) is 6.92 Å². The lowest BCUT2D eigenvalue weighted by molar-refractivity contribution is -0.132. The molecule has 0 unspecified atom stereocenters. The number of aliphatic carboxylic acids is 1. The molecule has 0 rings (SSSR count). The Hall–Kier alpha value is -0.870. The van der Waals surface area contributed by atoms with E-state index in [-0.39, 0.29) is 13.2 Å². The molecule has 3 N–H and O–H groups in total. The third kappa shape index (κ3) is 4.99. The van der Waals surface area contributed by atoms with Gasteiger partial charge in [-0.2, -0.15) is 0 Å². The highest BCUT2D eigenvalue weighted by Gasteiger charge is 2.08. The smallest absolute Gasteiger partial charge is 0.331 e. The lowest BCUT2D eigenvalue weighted by Gasteiger charge is -2.07. The van der Waals surface area contributed by atoms with Gasteiger partial charge in [-0.3, -0.25) is 0 Å². The number of hydrogen-bond donors (Lipinski definition) is 3. The fourth-order valence-corrected chi connectivity index (χ4v) is 1.24. The Labute approximate surface area is 83.9 Å². The zero-order valence-corrected chi connectivity index (χ0v) is 8.49. The molecular formula is C10H18O4. The lowest BCUT2D eigenvalue weighted by Crippen LogP contribution is -2.03. The Bertz CT molecular complexity index is 208. The first-order valence-corrected chi connectivity index (χ1v) is 4.77. The topological polar surface area (TPSA) is 77.8 Å². The molecule has 0 aromatic heterocycles.